The van der Waals surface area contributed by atoms with E-state index in [0.29, 0.717) is 22.7 Å². The number of rotatable bonds is 7. The molecule has 0 aliphatic heterocycles. The van der Waals surface area contributed by atoms with Crippen molar-refractivity contribution in [3.63, 3.8) is 0 Å². The second-order valence-electron chi connectivity index (χ2n) is 5.29. The van der Waals surface area contributed by atoms with Crippen LogP contribution in [0.3, 0.4) is 0 Å². The van der Waals surface area contributed by atoms with Crippen molar-refractivity contribution >= 4 is 35.6 Å². The molecule has 4 N–H and O–H groups in total. The first-order valence-corrected chi connectivity index (χ1v) is 7.65. The minimum Gasteiger partial charge on any atom is -0.495 e. The van der Waals surface area contributed by atoms with Crippen molar-refractivity contribution in [3.05, 3.63) is 54.1 Å². The van der Waals surface area contributed by atoms with E-state index in [1.54, 1.807) is 42.5 Å². The summed E-state index contributed by atoms with van der Waals surface area (Å²) in [5.41, 5.74) is 7.14. The highest BCUT2D eigenvalue weighted by molar-refractivity contribution is 6.05. The average molecular weight is 380 g/mol. The van der Waals surface area contributed by atoms with E-state index in [1.807, 2.05) is 6.07 Å². The van der Waals surface area contributed by atoms with Gasteiger partial charge in [-0.25, -0.2) is 0 Å². The number of ether oxygens (including phenoxy) is 2. The van der Waals surface area contributed by atoms with Gasteiger partial charge in [-0.1, -0.05) is 18.2 Å². The lowest BCUT2D eigenvalue weighted by molar-refractivity contribution is -0.118. The zero-order valence-corrected chi connectivity index (χ0v) is 15.3. The number of carbonyl (C=O) groups excluding carboxylic acids is 2. The lowest BCUT2D eigenvalue weighted by atomic mass is 10.2. The molecule has 2 rings (SSSR count). The van der Waals surface area contributed by atoms with E-state index in [-0.39, 0.29) is 30.8 Å². The molecule has 2 amide bonds. The molecule has 0 radical (unpaired) electrons. The maximum absolute atomic E-state index is 12.3. The molecule has 0 heterocycles. The quantitative estimate of drug-likeness (QED) is 0.684. The van der Waals surface area contributed by atoms with Crippen molar-refractivity contribution < 1.29 is 19.1 Å². The summed E-state index contributed by atoms with van der Waals surface area (Å²) in [5, 5.41) is 5.46. The highest BCUT2D eigenvalue weighted by Crippen LogP contribution is 2.28. The first kappa shape index (κ1) is 21.4. The third kappa shape index (κ3) is 5.73. The van der Waals surface area contributed by atoms with Crippen molar-refractivity contribution in [2.24, 2.45) is 5.73 Å². The number of nitrogens with two attached hydrogens (primary N) is 1. The first-order valence-electron chi connectivity index (χ1n) is 7.65. The van der Waals surface area contributed by atoms with E-state index in [0.717, 1.165) is 0 Å². The fraction of sp³-hybridized carbons (Fsp3) is 0.222. The number of nitrogens with one attached hydrogen (secondary N) is 2. The van der Waals surface area contributed by atoms with Crippen LogP contribution in [0.2, 0.25) is 0 Å². The number of anilines is 2. The van der Waals surface area contributed by atoms with Gasteiger partial charge >= 0.3 is 0 Å². The molecule has 0 bridgehead atoms. The molecular formula is C18H22ClN3O4. The Morgan fingerprint density at radius 2 is 1.77 bits per heavy atom. The summed E-state index contributed by atoms with van der Waals surface area (Å²) in [4.78, 5) is 24.3. The van der Waals surface area contributed by atoms with E-state index in [2.05, 4.69) is 10.6 Å². The number of halogens is 1. The number of benzene rings is 2. The van der Waals surface area contributed by atoms with Crippen LogP contribution in [0.4, 0.5) is 11.4 Å². The van der Waals surface area contributed by atoms with Crippen LogP contribution in [0.25, 0.3) is 0 Å². The van der Waals surface area contributed by atoms with Crippen LogP contribution in [0, 0.1) is 0 Å². The Labute approximate surface area is 158 Å². The maximum atomic E-state index is 12.3. The minimum atomic E-state index is -0.783. The van der Waals surface area contributed by atoms with Gasteiger partial charge in [-0.2, -0.15) is 0 Å². The molecule has 0 saturated heterocycles. The molecule has 0 saturated carbocycles. The lowest BCUT2D eigenvalue weighted by Crippen LogP contribution is -2.39. The van der Waals surface area contributed by atoms with E-state index in [9.17, 15) is 9.59 Å². The molecule has 2 aromatic rings. The monoisotopic (exact) mass is 379 g/mol. The summed E-state index contributed by atoms with van der Waals surface area (Å²) < 4.78 is 10.1. The second-order valence-corrected chi connectivity index (χ2v) is 5.29. The molecule has 0 aliphatic carbocycles. The van der Waals surface area contributed by atoms with Crippen molar-refractivity contribution in [1.29, 1.82) is 0 Å². The van der Waals surface area contributed by atoms with E-state index >= 15 is 0 Å². The Bertz CT molecular complexity index is 740. The van der Waals surface area contributed by atoms with E-state index < -0.39 is 6.04 Å². The van der Waals surface area contributed by atoms with Crippen LogP contribution in [-0.2, 0) is 9.53 Å². The number of carbonyl (C=O) groups is 2. The molecule has 7 nitrogen and oxygen atoms in total. The Morgan fingerprint density at radius 3 is 2.38 bits per heavy atom. The van der Waals surface area contributed by atoms with E-state index in [4.69, 9.17) is 15.2 Å². The third-order valence-electron chi connectivity index (χ3n) is 3.43. The van der Waals surface area contributed by atoms with Crippen LogP contribution in [0.15, 0.2) is 48.5 Å². The molecule has 0 aromatic heterocycles. The molecule has 8 heteroatoms. The smallest absolute Gasteiger partial charge is 0.255 e. The summed E-state index contributed by atoms with van der Waals surface area (Å²) in [6.45, 7) is 0.111. The fourth-order valence-electron chi connectivity index (χ4n) is 2.16. The van der Waals surface area contributed by atoms with Crippen molar-refractivity contribution in [1.82, 2.24) is 0 Å². The van der Waals surface area contributed by atoms with Gasteiger partial charge in [0, 0.05) is 18.4 Å². The summed E-state index contributed by atoms with van der Waals surface area (Å²) in [6, 6.07) is 12.9. The second kappa shape index (κ2) is 10.4. The lowest BCUT2D eigenvalue weighted by Gasteiger charge is -2.14. The molecule has 1 atom stereocenters. The molecule has 0 aliphatic rings. The molecule has 26 heavy (non-hydrogen) atoms. The van der Waals surface area contributed by atoms with Gasteiger partial charge in [-0.3, -0.25) is 9.59 Å². The van der Waals surface area contributed by atoms with Gasteiger partial charge < -0.3 is 25.8 Å². The highest BCUT2D eigenvalue weighted by atomic mass is 35.5. The molecular weight excluding hydrogens is 358 g/mol. The van der Waals surface area contributed by atoms with Gasteiger partial charge in [0.05, 0.1) is 19.4 Å². The summed E-state index contributed by atoms with van der Waals surface area (Å²) in [7, 11) is 2.97. The summed E-state index contributed by atoms with van der Waals surface area (Å²) >= 11 is 0. The van der Waals surface area contributed by atoms with Crippen molar-refractivity contribution in [2.45, 2.75) is 6.04 Å². The van der Waals surface area contributed by atoms with Gasteiger partial charge in [0.1, 0.15) is 11.8 Å². The van der Waals surface area contributed by atoms with Crippen molar-refractivity contribution in [3.8, 4) is 5.75 Å². The molecule has 140 valence electrons. The standard InChI is InChI=1S/C18H21N3O4.ClH/c1-24-11-14(19)18(23)20-13-8-9-16(25-2)15(10-13)21-17(22)12-6-4-3-5-7-12;/h3-10,14H,11,19H2,1-2H3,(H,20,23)(H,21,22);1H/t14-;/m0./s1. The topological polar surface area (TPSA) is 103 Å². The van der Waals surface area contributed by atoms with E-state index in [1.165, 1.54) is 14.2 Å². The summed E-state index contributed by atoms with van der Waals surface area (Å²) in [6.07, 6.45) is 0. The fourth-order valence-corrected chi connectivity index (χ4v) is 2.16. The van der Waals surface area contributed by atoms with Gasteiger partial charge in [0.25, 0.3) is 5.91 Å². The zero-order valence-electron chi connectivity index (χ0n) is 14.5. The average Bonchev–Trinajstić information content (AvgIpc) is 2.63. The Balaban J connectivity index is 0.00000338. The van der Waals surface area contributed by atoms with Gasteiger partial charge in [-0.15, -0.1) is 12.4 Å². The Morgan fingerprint density at radius 1 is 1.08 bits per heavy atom. The molecule has 0 spiro atoms. The maximum Gasteiger partial charge on any atom is 0.255 e. The SMILES string of the molecule is COC[C@H](N)C(=O)Nc1ccc(OC)c(NC(=O)c2ccccc2)c1.Cl. The van der Waals surface area contributed by atoms with Crippen LogP contribution >= 0.6 is 12.4 Å². The number of hydrogen-bond donors (Lipinski definition) is 3. The number of hydrogen-bond acceptors (Lipinski definition) is 5. The minimum absolute atomic E-state index is 0. The van der Waals surface area contributed by atoms with Crippen LogP contribution < -0.4 is 21.1 Å². The first-order chi connectivity index (χ1) is 12.0. The number of amides is 2. The predicted octanol–water partition coefficient (Wildman–Crippen LogP) is 2.28. The largest absolute Gasteiger partial charge is 0.495 e. The van der Waals surface area contributed by atoms with Crippen LogP contribution in [-0.4, -0.2) is 38.7 Å². The van der Waals surface area contributed by atoms with Gasteiger partial charge in [0.2, 0.25) is 5.91 Å². The van der Waals surface area contributed by atoms with Crippen molar-refractivity contribution in [2.75, 3.05) is 31.5 Å². The summed E-state index contributed by atoms with van der Waals surface area (Å²) in [5.74, 6) is -0.186. The van der Waals surface area contributed by atoms with Crippen LogP contribution in [0.1, 0.15) is 10.4 Å². The highest BCUT2D eigenvalue weighted by Gasteiger charge is 2.15. The molecule has 0 fully saturated rings. The Hall–Kier alpha value is -2.61. The molecule has 0 unspecified atom stereocenters. The molecule has 2 aromatic carbocycles. The van der Waals surface area contributed by atoms with Crippen LogP contribution in [0.5, 0.6) is 5.75 Å². The van der Waals surface area contributed by atoms with Gasteiger partial charge in [-0.05, 0) is 30.3 Å². The zero-order chi connectivity index (χ0) is 18.2. The van der Waals surface area contributed by atoms with Gasteiger partial charge in [0.15, 0.2) is 0 Å². The predicted molar refractivity (Wildman–Crippen MR) is 103 cm³/mol. The normalized spacial score (nSPS) is 11.0. The third-order valence-corrected chi connectivity index (χ3v) is 3.43. The number of methoxy groups -OCH3 is 2. The Kier molecular flexibility index (Phi) is 8.57.